The van der Waals surface area contributed by atoms with Gasteiger partial charge in [-0.2, -0.15) is 0 Å². The highest BCUT2D eigenvalue weighted by Crippen LogP contribution is 2.14. The van der Waals surface area contributed by atoms with Crippen LogP contribution < -0.4 is 11.1 Å². The first kappa shape index (κ1) is 20.4. The van der Waals surface area contributed by atoms with Gasteiger partial charge < -0.3 is 20.5 Å². The van der Waals surface area contributed by atoms with Gasteiger partial charge in [-0.1, -0.05) is 58.4 Å². The van der Waals surface area contributed by atoms with Crippen LogP contribution in [0.4, 0.5) is 4.79 Å². The zero-order chi connectivity index (χ0) is 19.6. The Kier molecular flexibility index (Phi) is 7.81. The van der Waals surface area contributed by atoms with Gasteiger partial charge in [-0.15, -0.1) is 0 Å². The van der Waals surface area contributed by atoms with Crippen molar-refractivity contribution in [2.75, 3.05) is 6.61 Å². The summed E-state index contributed by atoms with van der Waals surface area (Å²) in [5, 5.41) is 2.48. The van der Waals surface area contributed by atoms with E-state index in [0.29, 0.717) is 0 Å². The van der Waals surface area contributed by atoms with Crippen LogP contribution in [0, 0.1) is 0 Å². The fourth-order valence-electron chi connectivity index (χ4n) is 2.24. The van der Waals surface area contributed by atoms with Crippen molar-refractivity contribution >= 4 is 33.9 Å². The molecule has 8 heteroatoms. The minimum atomic E-state index is -1.03. The molecule has 0 aliphatic rings. The molecule has 0 aliphatic carbocycles. The molecule has 27 heavy (non-hydrogen) atoms. The Morgan fingerprint density at radius 1 is 1.00 bits per heavy atom. The fourth-order valence-corrected chi connectivity index (χ4v) is 2.69. The summed E-state index contributed by atoms with van der Waals surface area (Å²) >= 11 is 3.35. The number of benzene rings is 2. The van der Waals surface area contributed by atoms with Gasteiger partial charge in [0.1, 0.15) is 12.6 Å². The number of carbonyl (C=O) groups is 3. The standard InChI is InChI=1S/C19H19BrN2O5/c20-15-8-4-7-14(9-15)10-16(18(24)26-12-17(21)23)22-19(25)27-11-13-5-2-1-3-6-13/h1-9,16H,10-12H2,(H2,21,23)(H,22,25)/t16-/m1/s1. The van der Waals surface area contributed by atoms with Crippen molar-refractivity contribution < 1.29 is 23.9 Å². The summed E-state index contributed by atoms with van der Waals surface area (Å²) in [6.45, 7) is -0.499. The Hall–Kier alpha value is -2.87. The van der Waals surface area contributed by atoms with Crippen LogP contribution in [-0.4, -0.2) is 30.6 Å². The number of primary amides is 1. The molecule has 2 amide bonds. The molecule has 0 bridgehead atoms. The second kappa shape index (κ2) is 10.3. The lowest BCUT2D eigenvalue weighted by atomic mass is 10.1. The zero-order valence-electron chi connectivity index (χ0n) is 14.4. The fraction of sp³-hybridized carbons (Fsp3) is 0.211. The van der Waals surface area contributed by atoms with E-state index in [1.54, 1.807) is 12.1 Å². The van der Waals surface area contributed by atoms with Gasteiger partial charge in [-0.05, 0) is 23.3 Å². The number of esters is 1. The zero-order valence-corrected chi connectivity index (χ0v) is 16.0. The van der Waals surface area contributed by atoms with Crippen LogP contribution in [0.25, 0.3) is 0 Å². The largest absolute Gasteiger partial charge is 0.454 e. The van der Waals surface area contributed by atoms with E-state index in [9.17, 15) is 14.4 Å². The molecule has 0 unspecified atom stereocenters. The summed E-state index contributed by atoms with van der Waals surface area (Å²) in [5.74, 6) is -1.55. The molecule has 142 valence electrons. The SMILES string of the molecule is NC(=O)COC(=O)[C@@H](Cc1cccc(Br)c1)NC(=O)OCc1ccccc1. The van der Waals surface area contributed by atoms with E-state index >= 15 is 0 Å². The molecule has 0 spiro atoms. The number of nitrogens with one attached hydrogen (secondary N) is 1. The lowest BCUT2D eigenvalue weighted by Crippen LogP contribution is -2.44. The van der Waals surface area contributed by atoms with Gasteiger partial charge in [-0.25, -0.2) is 9.59 Å². The van der Waals surface area contributed by atoms with Gasteiger partial charge >= 0.3 is 12.1 Å². The van der Waals surface area contributed by atoms with Crippen LogP contribution in [0.1, 0.15) is 11.1 Å². The highest BCUT2D eigenvalue weighted by Gasteiger charge is 2.24. The number of ether oxygens (including phenoxy) is 2. The number of halogens is 1. The van der Waals surface area contributed by atoms with Gasteiger partial charge in [0, 0.05) is 10.9 Å². The normalized spacial score (nSPS) is 11.3. The molecule has 7 nitrogen and oxygen atoms in total. The third kappa shape index (κ3) is 7.49. The molecule has 0 heterocycles. The van der Waals surface area contributed by atoms with E-state index in [1.807, 2.05) is 42.5 Å². The third-order valence-corrected chi connectivity index (χ3v) is 3.97. The van der Waals surface area contributed by atoms with Crippen LogP contribution in [0.15, 0.2) is 59.1 Å². The van der Waals surface area contributed by atoms with E-state index < -0.39 is 30.6 Å². The van der Waals surface area contributed by atoms with E-state index in [4.69, 9.17) is 15.2 Å². The second-order valence-electron chi connectivity index (χ2n) is 5.67. The first-order chi connectivity index (χ1) is 12.9. The number of carbonyl (C=O) groups excluding carboxylic acids is 3. The Morgan fingerprint density at radius 3 is 2.37 bits per heavy atom. The van der Waals surface area contributed by atoms with Crippen molar-refractivity contribution in [2.45, 2.75) is 19.1 Å². The predicted molar refractivity (Wildman–Crippen MR) is 102 cm³/mol. The van der Waals surface area contributed by atoms with Crippen LogP contribution in [0.5, 0.6) is 0 Å². The average molecular weight is 435 g/mol. The number of nitrogens with two attached hydrogens (primary N) is 1. The summed E-state index contributed by atoms with van der Waals surface area (Å²) in [7, 11) is 0. The highest BCUT2D eigenvalue weighted by atomic mass is 79.9. The molecule has 2 aromatic carbocycles. The molecule has 2 aromatic rings. The molecule has 0 saturated carbocycles. The van der Waals surface area contributed by atoms with Crippen molar-refractivity contribution in [3.8, 4) is 0 Å². The Bertz CT molecular complexity index is 798. The topological polar surface area (TPSA) is 108 Å². The Balaban J connectivity index is 2.00. The van der Waals surface area contributed by atoms with Gasteiger partial charge in [0.2, 0.25) is 0 Å². The molecular weight excluding hydrogens is 416 g/mol. The molecule has 0 aromatic heterocycles. The van der Waals surface area contributed by atoms with Crippen molar-refractivity contribution in [1.82, 2.24) is 5.32 Å². The van der Waals surface area contributed by atoms with Crippen LogP contribution in [0.2, 0.25) is 0 Å². The molecule has 3 N–H and O–H groups in total. The lowest BCUT2D eigenvalue weighted by Gasteiger charge is -2.17. The van der Waals surface area contributed by atoms with Gasteiger partial charge in [0.15, 0.2) is 6.61 Å². The molecular formula is C19H19BrN2O5. The first-order valence-corrected chi connectivity index (χ1v) is 8.90. The van der Waals surface area contributed by atoms with Gasteiger partial charge in [0.25, 0.3) is 5.91 Å². The molecule has 0 saturated heterocycles. The maximum atomic E-state index is 12.2. The monoisotopic (exact) mass is 434 g/mol. The highest BCUT2D eigenvalue weighted by molar-refractivity contribution is 9.10. The summed E-state index contributed by atoms with van der Waals surface area (Å²) < 4.78 is 10.8. The number of hydrogen-bond donors (Lipinski definition) is 2. The van der Waals surface area contributed by atoms with Crippen LogP contribution in [-0.2, 0) is 32.1 Å². The summed E-state index contributed by atoms with van der Waals surface area (Å²) in [6, 6.07) is 15.4. The van der Waals surface area contributed by atoms with Crippen molar-refractivity contribution in [1.29, 1.82) is 0 Å². The first-order valence-electron chi connectivity index (χ1n) is 8.10. The minimum absolute atomic E-state index is 0.0621. The molecule has 0 fully saturated rings. The van der Waals surface area contributed by atoms with Crippen molar-refractivity contribution in [3.63, 3.8) is 0 Å². The smallest absolute Gasteiger partial charge is 0.408 e. The van der Waals surface area contributed by atoms with Crippen molar-refractivity contribution in [3.05, 3.63) is 70.2 Å². The van der Waals surface area contributed by atoms with Gasteiger partial charge in [-0.3, -0.25) is 4.79 Å². The summed E-state index contributed by atoms with van der Waals surface area (Å²) in [4.78, 5) is 35.2. The number of alkyl carbamates (subject to hydrolysis) is 1. The predicted octanol–water partition coefficient (Wildman–Crippen LogP) is 2.32. The molecule has 0 aliphatic heterocycles. The Morgan fingerprint density at radius 2 is 1.70 bits per heavy atom. The van der Waals surface area contributed by atoms with E-state index in [0.717, 1.165) is 15.6 Å². The lowest BCUT2D eigenvalue weighted by molar-refractivity contribution is -0.149. The molecule has 1 atom stereocenters. The van der Waals surface area contributed by atoms with E-state index in [2.05, 4.69) is 21.2 Å². The average Bonchev–Trinajstić information content (AvgIpc) is 2.65. The Labute approximate surface area is 165 Å². The molecule has 0 radical (unpaired) electrons. The number of amides is 2. The number of rotatable bonds is 8. The minimum Gasteiger partial charge on any atom is -0.454 e. The quantitative estimate of drug-likeness (QED) is 0.619. The summed E-state index contributed by atoms with van der Waals surface area (Å²) in [6.07, 6.45) is -0.604. The van der Waals surface area contributed by atoms with Crippen molar-refractivity contribution in [2.24, 2.45) is 5.73 Å². The van der Waals surface area contributed by atoms with Crippen LogP contribution >= 0.6 is 15.9 Å². The van der Waals surface area contributed by atoms with Gasteiger partial charge in [0.05, 0.1) is 0 Å². The van der Waals surface area contributed by atoms with E-state index in [1.165, 1.54) is 0 Å². The second-order valence-corrected chi connectivity index (χ2v) is 6.58. The van der Waals surface area contributed by atoms with Crippen LogP contribution in [0.3, 0.4) is 0 Å². The summed E-state index contributed by atoms with van der Waals surface area (Å²) in [5.41, 5.74) is 6.59. The molecule has 2 rings (SSSR count). The third-order valence-electron chi connectivity index (χ3n) is 3.47. The maximum Gasteiger partial charge on any atom is 0.408 e. The maximum absolute atomic E-state index is 12.2. The number of hydrogen-bond acceptors (Lipinski definition) is 5. The van der Waals surface area contributed by atoms with E-state index in [-0.39, 0.29) is 13.0 Å².